The van der Waals surface area contributed by atoms with Crippen molar-refractivity contribution in [3.05, 3.63) is 0 Å². The lowest BCUT2D eigenvalue weighted by Crippen LogP contribution is -2.58. The average molecular weight is 254 g/mol. The van der Waals surface area contributed by atoms with Gasteiger partial charge in [0, 0.05) is 18.6 Å². The van der Waals surface area contributed by atoms with Gasteiger partial charge in [0.15, 0.2) is 0 Å². The van der Waals surface area contributed by atoms with Gasteiger partial charge in [0.25, 0.3) is 0 Å². The summed E-state index contributed by atoms with van der Waals surface area (Å²) >= 11 is 0. The van der Waals surface area contributed by atoms with Gasteiger partial charge in [-0.15, -0.1) is 0 Å². The number of nitrogens with one attached hydrogen (secondary N) is 1. The molecule has 2 rings (SSSR count). The summed E-state index contributed by atoms with van der Waals surface area (Å²) in [6.07, 6.45) is 4.22. The van der Waals surface area contributed by atoms with Gasteiger partial charge >= 0.3 is 0 Å². The van der Waals surface area contributed by atoms with Crippen molar-refractivity contribution in [1.29, 1.82) is 0 Å². The standard InChI is InChI=1S/C15H30N2O/c1-5-8-16-14(15(2,3)4)13-10-17-9-6-7-12(17)11-18-13/h12-14,16H,5-11H2,1-4H3. The van der Waals surface area contributed by atoms with E-state index >= 15 is 0 Å². The second kappa shape index (κ2) is 5.89. The lowest BCUT2D eigenvalue weighted by molar-refractivity contribution is -0.0810. The molecule has 0 bridgehead atoms. The molecule has 0 amide bonds. The molecule has 3 atom stereocenters. The van der Waals surface area contributed by atoms with Gasteiger partial charge < -0.3 is 10.1 Å². The van der Waals surface area contributed by atoms with Gasteiger partial charge in [-0.1, -0.05) is 27.7 Å². The van der Waals surface area contributed by atoms with Crippen LogP contribution in [0.2, 0.25) is 0 Å². The summed E-state index contributed by atoms with van der Waals surface area (Å²) in [4.78, 5) is 2.64. The maximum atomic E-state index is 6.17. The van der Waals surface area contributed by atoms with Crippen LogP contribution in [0.1, 0.15) is 47.0 Å². The Hall–Kier alpha value is -0.120. The van der Waals surface area contributed by atoms with Crippen LogP contribution in [0.3, 0.4) is 0 Å². The van der Waals surface area contributed by atoms with E-state index in [2.05, 4.69) is 37.9 Å². The molecule has 0 aliphatic carbocycles. The Balaban J connectivity index is 1.97. The molecule has 0 aromatic rings. The lowest BCUT2D eigenvalue weighted by Gasteiger charge is -2.43. The van der Waals surface area contributed by atoms with E-state index in [1.165, 1.54) is 25.8 Å². The highest BCUT2D eigenvalue weighted by atomic mass is 16.5. The van der Waals surface area contributed by atoms with E-state index in [-0.39, 0.29) is 5.41 Å². The van der Waals surface area contributed by atoms with Crippen molar-refractivity contribution in [2.45, 2.75) is 65.1 Å². The highest BCUT2D eigenvalue weighted by molar-refractivity contribution is 4.94. The van der Waals surface area contributed by atoms with Crippen LogP contribution >= 0.6 is 0 Å². The molecule has 2 fully saturated rings. The second-order valence-electron chi connectivity index (χ2n) is 6.96. The summed E-state index contributed by atoms with van der Waals surface area (Å²) in [7, 11) is 0. The van der Waals surface area contributed by atoms with E-state index in [1.54, 1.807) is 0 Å². The molecule has 3 unspecified atom stereocenters. The molecule has 1 N–H and O–H groups in total. The SMILES string of the molecule is CCCNC(C1CN2CCCC2CO1)C(C)(C)C. The number of ether oxygens (including phenoxy) is 1. The van der Waals surface area contributed by atoms with Crippen LogP contribution < -0.4 is 5.32 Å². The van der Waals surface area contributed by atoms with Crippen molar-refractivity contribution in [2.24, 2.45) is 5.41 Å². The zero-order chi connectivity index (χ0) is 13.2. The fraction of sp³-hybridized carbons (Fsp3) is 1.00. The maximum absolute atomic E-state index is 6.17. The zero-order valence-corrected chi connectivity index (χ0v) is 12.5. The van der Waals surface area contributed by atoms with Crippen molar-refractivity contribution in [2.75, 3.05) is 26.2 Å². The predicted octanol–water partition coefficient (Wildman–Crippen LogP) is 2.26. The third-order valence-electron chi connectivity index (χ3n) is 4.34. The van der Waals surface area contributed by atoms with Crippen molar-refractivity contribution in [3.8, 4) is 0 Å². The van der Waals surface area contributed by atoms with Crippen LogP contribution in [-0.2, 0) is 4.74 Å². The first-order valence-corrected chi connectivity index (χ1v) is 7.61. The van der Waals surface area contributed by atoms with Crippen LogP contribution in [0.15, 0.2) is 0 Å². The molecule has 2 aliphatic heterocycles. The third-order valence-corrected chi connectivity index (χ3v) is 4.34. The Morgan fingerprint density at radius 1 is 1.39 bits per heavy atom. The van der Waals surface area contributed by atoms with E-state index in [4.69, 9.17) is 4.74 Å². The van der Waals surface area contributed by atoms with E-state index < -0.39 is 0 Å². The van der Waals surface area contributed by atoms with Gasteiger partial charge in [0.05, 0.1) is 12.7 Å². The van der Waals surface area contributed by atoms with Crippen molar-refractivity contribution in [3.63, 3.8) is 0 Å². The molecule has 18 heavy (non-hydrogen) atoms. The Labute approximate surface area is 112 Å². The van der Waals surface area contributed by atoms with Gasteiger partial charge in [-0.3, -0.25) is 4.90 Å². The minimum atomic E-state index is 0.256. The molecule has 0 spiro atoms. The summed E-state index contributed by atoms with van der Waals surface area (Å²) in [5.41, 5.74) is 0.256. The largest absolute Gasteiger partial charge is 0.374 e. The topological polar surface area (TPSA) is 24.5 Å². The number of morpholine rings is 1. The molecule has 0 aromatic heterocycles. The van der Waals surface area contributed by atoms with E-state index in [1.807, 2.05) is 0 Å². The Morgan fingerprint density at radius 3 is 2.83 bits per heavy atom. The van der Waals surface area contributed by atoms with Crippen LogP contribution in [0.4, 0.5) is 0 Å². The molecule has 0 saturated carbocycles. The van der Waals surface area contributed by atoms with Gasteiger partial charge in [0.2, 0.25) is 0 Å². The summed E-state index contributed by atoms with van der Waals surface area (Å²) in [6.45, 7) is 13.6. The van der Waals surface area contributed by atoms with Crippen LogP contribution in [0, 0.1) is 5.41 Å². The molecule has 3 nitrogen and oxygen atoms in total. The molecule has 2 aliphatic rings. The molecule has 3 heteroatoms. The summed E-state index contributed by atoms with van der Waals surface area (Å²) in [6, 6.07) is 1.16. The monoisotopic (exact) mass is 254 g/mol. The maximum Gasteiger partial charge on any atom is 0.0860 e. The quantitative estimate of drug-likeness (QED) is 0.833. The normalized spacial score (nSPS) is 31.3. The predicted molar refractivity (Wildman–Crippen MR) is 75.9 cm³/mol. The van der Waals surface area contributed by atoms with Gasteiger partial charge in [-0.05, 0) is 37.8 Å². The van der Waals surface area contributed by atoms with Crippen LogP contribution in [0.25, 0.3) is 0 Å². The second-order valence-corrected chi connectivity index (χ2v) is 6.96. The van der Waals surface area contributed by atoms with Crippen molar-refractivity contribution >= 4 is 0 Å². The van der Waals surface area contributed by atoms with Gasteiger partial charge in [-0.2, -0.15) is 0 Å². The summed E-state index contributed by atoms with van der Waals surface area (Å²) < 4.78 is 6.17. The molecule has 106 valence electrons. The Bertz CT molecular complexity index is 262. The van der Waals surface area contributed by atoms with E-state index in [0.29, 0.717) is 18.2 Å². The fourth-order valence-electron chi connectivity index (χ4n) is 3.34. The number of nitrogens with zero attached hydrogens (tertiary/aromatic N) is 1. The van der Waals surface area contributed by atoms with E-state index in [0.717, 1.165) is 19.7 Å². The number of hydrogen-bond acceptors (Lipinski definition) is 3. The zero-order valence-electron chi connectivity index (χ0n) is 12.5. The highest BCUT2D eigenvalue weighted by Crippen LogP contribution is 2.29. The average Bonchev–Trinajstić information content (AvgIpc) is 2.75. The number of hydrogen-bond donors (Lipinski definition) is 1. The van der Waals surface area contributed by atoms with E-state index in [9.17, 15) is 0 Å². The first-order chi connectivity index (χ1) is 8.52. The summed E-state index contributed by atoms with van der Waals surface area (Å²) in [5, 5.41) is 3.71. The fourth-order valence-corrected chi connectivity index (χ4v) is 3.34. The third kappa shape index (κ3) is 3.25. The number of fused-ring (bicyclic) bond motifs is 1. The minimum Gasteiger partial charge on any atom is -0.374 e. The highest BCUT2D eigenvalue weighted by Gasteiger charge is 2.39. The first kappa shape index (κ1) is 14.3. The lowest BCUT2D eigenvalue weighted by atomic mass is 9.82. The first-order valence-electron chi connectivity index (χ1n) is 7.61. The van der Waals surface area contributed by atoms with Crippen LogP contribution in [-0.4, -0.2) is 49.3 Å². The van der Waals surface area contributed by atoms with Gasteiger partial charge in [0.1, 0.15) is 0 Å². The summed E-state index contributed by atoms with van der Waals surface area (Å²) in [5.74, 6) is 0. The molecule has 0 aromatic carbocycles. The molecule has 2 saturated heterocycles. The molecule has 2 heterocycles. The Morgan fingerprint density at radius 2 is 2.17 bits per heavy atom. The van der Waals surface area contributed by atoms with Crippen molar-refractivity contribution < 1.29 is 4.74 Å². The Kier molecular flexibility index (Phi) is 4.68. The minimum absolute atomic E-state index is 0.256. The van der Waals surface area contributed by atoms with Crippen LogP contribution in [0.5, 0.6) is 0 Å². The molecular weight excluding hydrogens is 224 g/mol. The number of rotatable bonds is 4. The molecule has 0 radical (unpaired) electrons. The van der Waals surface area contributed by atoms with Gasteiger partial charge in [-0.25, -0.2) is 0 Å². The smallest absolute Gasteiger partial charge is 0.0860 e. The van der Waals surface area contributed by atoms with Crippen molar-refractivity contribution in [1.82, 2.24) is 10.2 Å². The molecular formula is C15H30N2O.